The first-order valence-electron chi connectivity index (χ1n) is 5.42. The number of halogens is 4. The predicted molar refractivity (Wildman–Crippen MR) is 65.9 cm³/mol. The molecule has 1 rings (SSSR count). The number of rotatable bonds is 4. The molecule has 0 bridgehead atoms. The first-order valence-corrected chi connectivity index (χ1v) is 5.80. The highest BCUT2D eigenvalue weighted by Gasteiger charge is 2.31. The molecule has 0 spiro atoms. The van der Waals surface area contributed by atoms with Gasteiger partial charge in [0.1, 0.15) is 0 Å². The SMILES string of the molecule is CC(C)(O)CCNc1cc(Cl)cc(C(F)(F)F)c1. The molecule has 0 aromatic heterocycles. The molecule has 2 nitrogen and oxygen atoms in total. The van der Waals surface area contributed by atoms with Crippen molar-refractivity contribution in [2.45, 2.75) is 32.0 Å². The van der Waals surface area contributed by atoms with Crippen LogP contribution in [0.2, 0.25) is 5.02 Å². The molecule has 0 aliphatic heterocycles. The van der Waals surface area contributed by atoms with Gasteiger partial charge in [0.05, 0.1) is 11.2 Å². The van der Waals surface area contributed by atoms with Crippen molar-refractivity contribution < 1.29 is 18.3 Å². The van der Waals surface area contributed by atoms with Crippen molar-refractivity contribution >= 4 is 17.3 Å². The predicted octanol–water partition coefficient (Wildman–Crippen LogP) is 3.93. The molecule has 2 N–H and O–H groups in total. The first kappa shape index (κ1) is 15.1. The van der Waals surface area contributed by atoms with E-state index in [1.54, 1.807) is 13.8 Å². The topological polar surface area (TPSA) is 32.3 Å². The highest BCUT2D eigenvalue weighted by atomic mass is 35.5. The second-order valence-corrected chi connectivity index (χ2v) is 5.15. The molecule has 0 aliphatic carbocycles. The largest absolute Gasteiger partial charge is 0.416 e. The third kappa shape index (κ3) is 5.14. The lowest BCUT2D eigenvalue weighted by atomic mass is 10.1. The third-order valence-electron chi connectivity index (χ3n) is 2.29. The number of anilines is 1. The van der Waals surface area contributed by atoms with E-state index < -0.39 is 17.3 Å². The summed E-state index contributed by atoms with van der Waals surface area (Å²) in [4.78, 5) is 0. The lowest BCUT2D eigenvalue weighted by Gasteiger charge is -2.18. The van der Waals surface area contributed by atoms with Gasteiger partial charge >= 0.3 is 6.18 Å². The molecule has 0 aliphatic rings. The van der Waals surface area contributed by atoms with E-state index >= 15 is 0 Å². The van der Waals surface area contributed by atoms with Crippen LogP contribution in [-0.2, 0) is 6.18 Å². The molecule has 6 heteroatoms. The van der Waals surface area contributed by atoms with Gasteiger partial charge in [0, 0.05) is 17.3 Å². The fourth-order valence-corrected chi connectivity index (χ4v) is 1.60. The van der Waals surface area contributed by atoms with Crippen molar-refractivity contribution in [1.29, 1.82) is 0 Å². The van der Waals surface area contributed by atoms with E-state index in [9.17, 15) is 18.3 Å². The molecule has 0 atom stereocenters. The summed E-state index contributed by atoms with van der Waals surface area (Å²) >= 11 is 5.64. The Morgan fingerprint density at radius 3 is 2.33 bits per heavy atom. The van der Waals surface area contributed by atoms with Crippen molar-refractivity contribution in [2.24, 2.45) is 0 Å². The fraction of sp³-hybridized carbons (Fsp3) is 0.500. The van der Waals surface area contributed by atoms with Gasteiger partial charge in [-0.15, -0.1) is 0 Å². The van der Waals surface area contributed by atoms with Crippen LogP contribution in [0.1, 0.15) is 25.8 Å². The molecule has 0 saturated heterocycles. The fourth-order valence-electron chi connectivity index (χ4n) is 1.37. The molecule has 1 aromatic carbocycles. The number of nitrogens with one attached hydrogen (secondary N) is 1. The summed E-state index contributed by atoms with van der Waals surface area (Å²) in [6.07, 6.45) is -4.00. The Morgan fingerprint density at radius 1 is 1.22 bits per heavy atom. The molecule has 0 amide bonds. The van der Waals surface area contributed by atoms with Crippen molar-refractivity contribution in [3.05, 3.63) is 28.8 Å². The van der Waals surface area contributed by atoms with Crippen LogP contribution in [0, 0.1) is 0 Å². The Kier molecular flexibility index (Phi) is 4.50. The molecule has 1 aromatic rings. The monoisotopic (exact) mass is 281 g/mol. The van der Waals surface area contributed by atoms with E-state index in [1.165, 1.54) is 6.07 Å². The van der Waals surface area contributed by atoms with Crippen LogP contribution >= 0.6 is 11.6 Å². The molecule has 0 unspecified atom stereocenters. The zero-order chi connectivity index (χ0) is 14.0. The lowest BCUT2D eigenvalue weighted by Crippen LogP contribution is -2.22. The van der Waals surface area contributed by atoms with Gasteiger partial charge in [0.2, 0.25) is 0 Å². The maximum atomic E-state index is 12.5. The molecule has 18 heavy (non-hydrogen) atoms. The van der Waals surface area contributed by atoms with Crippen molar-refractivity contribution in [3.8, 4) is 0 Å². The van der Waals surface area contributed by atoms with Crippen LogP contribution in [0.5, 0.6) is 0 Å². The van der Waals surface area contributed by atoms with Gasteiger partial charge in [-0.3, -0.25) is 0 Å². The molecule has 0 saturated carbocycles. The van der Waals surface area contributed by atoms with Crippen molar-refractivity contribution in [1.82, 2.24) is 0 Å². The van der Waals surface area contributed by atoms with E-state index in [0.29, 0.717) is 18.7 Å². The summed E-state index contributed by atoms with van der Waals surface area (Å²) < 4.78 is 37.6. The van der Waals surface area contributed by atoms with Crippen LogP contribution in [0.4, 0.5) is 18.9 Å². The first-order chi connectivity index (χ1) is 8.08. The van der Waals surface area contributed by atoms with E-state index in [1.807, 2.05) is 0 Å². The number of aliphatic hydroxyl groups is 1. The molecule has 102 valence electrons. The maximum Gasteiger partial charge on any atom is 0.416 e. The minimum atomic E-state index is -4.42. The number of benzene rings is 1. The van der Waals surface area contributed by atoms with Gasteiger partial charge in [-0.2, -0.15) is 13.2 Å². The Hall–Kier alpha value is -0.940. The molecule has 0 radical (unpaired) electrons. The Morgan fingerprint density at radius 2 is 1.83 bits per heavy atom. The number of hydrogen-bond acceptors (Lipinski definition) is 2. The van der Waals surface area contributed by atoms with Gasteiger partial charge in [0.15, 0.2) is 0 Å². The number of hydrogen-bond donors (Lipinski definition) is 2. The summed E-state index contributed by atoms with van der Waals surface area (Å²) in [6, 6.07) is 3.29. The highest BCUT2D eigenvalue weighted by Crippen LogP contribution is 2.33. The van der Waals surface area contributed by atoms with Gasteiger partial charge in [-0.25, -0.2) is 0 Å². The lowest BCUT2D eigenvalue weighted by molar-refractivity contribution is -0.137. The van der Waals surface area contributed by atoms with E-state index in [-0.39, 0.29) is 5.02 Å². The van der Waals surface area contributed by atoms with Crippen LogP contribution < -0.4 is 5.32 Å². The quantitative estimate of drug-likeness (QED) is 0.876. The van der Waals surface area contributed by atoms with Gasteiger partial charge in [-0.1, -0.05) is 11.6 Å². The second-order valence-electron chi connectivity index (χ2n) is 4.72. The standard InChI is InChI=1S/C12H15ClF3NO/c1-11(2,18)3-4-17-10-6-8(12(14,15)16)5-9(13)7-10/h5-7,17-18H,3-4H2,1-2H3. The van der Waals surface area contributed by atoms with Crippen LogP contribution in [-0.4, -0.2) is 17.3 Å². The van der Waals surface area contributed by atoms with E-state index in [0.717, 1.165) is 12.1 Å². The summed E-state index contributed by atoms with van der Waals surface area (Å²) in [5, 5.41) is 12.3. The summed E-state index contributed by atoms with van der Waals surface area (Å²) in [7, 11) is 0. The highest BCUT2D eigenvalue weighted by molar-refractivity contribution is 6.30. The average Bonchev–Trinajstić information content (AvgIpc) is 2.13. The molecule has 0 fully saturated rings. The minimum absolute atomic E-state index is 0.0237. The van der Waals surface area contributed by atoms with E-state index in [4.69, 9.17) is 11.6 Å². The van der Waals surface area contributed by atoms with Crippen molar-refractivity contribution in [3.63, 3.8) is 0 Å². The van der Waals surface area contributed by atoms with Crippen LogP contribution in [0.15, 0.2) is 18.2 Å². The van der Waals surface area contributed by atoms with E-state index in [2.05, 4.69) is 5.32 Å². The number of alkyl halides is 3. The zero-order valence-corrected chi connectivity index (χ0v) is 10.9. The summed E-state index contributed by atoms with van der Waals surface area (Å²) in [5.41, 5.74) is -1.36. The Bertz CT molecular complexity index is 413. The Balaban J connectivity index is 2.75. The van der Waals surface area contributed by atoms with Gasteiger partial charge < -0.3 is 10.4 Å². The average molecular weight is 282 g/mol. The van der Waals surface area contributed by atoms with Crippen LogP contribution in [0.25, 0.3) is 0 Å². The van der Waals surface area contributed by atoms with Crippen LogP contribution in [0.3, 0.4) is 0 Å². The molecular weight excluding hydrogens is 267 g/mol. The zero-order valence-electron chi connectivity index (χ0n) is 10.1. The van der Waals surface area contributed by atoms with Gasteiger partial charge in [-0.05, 0) is 38.5 Å². The Labute approximate surface area is 109 Å². The smallest absolute Gasteiger partial charge is 0.390 e. The molecular formula is C12H15ClF3NO. The van der Waals surface area contributed by atoms with Crippen molar-refractivity contribution in [2.75, 3.05) is 11.9 Å². The summed E-state index contributed by atoms with van der Waals surface area (Å²) in [5.74, 6) is 0. The normalized spacial score (nSPS) is 12.6. The minimum Gasteiger partial charge on any atom is -0.390 e. The third-order valence-corrected chi connectivity index (χ3v) is 2.51. The van der Waals surface area contributed by atoms with Gasteiger partial charge in [0.25, 0.3) is 0 Å². The second kappa shape index (κ2) is 5.36. The molecule has 0 heterocycles. The summed E-state index contributed by atoms with van der Waals surface area (Å²) in [6.45, 7) is 3.63. The maximum absolute atomic E-state index is 12.5.